The Morgan fingerprint density at radius 3 is 2.19 bits per heavy atom. The van der Waals surface area contributed by atoms with Crippen molar-refractivity contribution < 1.29 is 4.79 Å². The highest BCUT2D eigenvalue weighted by atomic mass is 16.2. The molecule has 0 unspecified atom stereocenters. The van der Waals surface area contributed by atoms with Gasteiger partial charge in [0, 0.05) is 25.0 Å². The molecule has 0 heterocycles. The second kappa shape index (κ2) is 6.24. The van der Waals surface area contributed by atoms with Gasteiger partial charge in [-0.1, -0.05) is 13.8 Å². The van der Waals surface area contributed by atoms with E-state index in [1.54, 1.807) is 0 Å². The molecule has 0 bridgehead atoms. The lowest BCUT2D eigenvalue weighted by atomic mass is 9.90. The van der Waals surface area contributed by atoms with Gasteiger partial charge in [-0.3, -0.25) is 4.79 Å². The summed E-state index contributed by atoms with van der Waals surface area (Å²) in [5, 5.41) is 0. The molecule has 1 aliphatic carbocycles. The first-order valence-electron chi connectivity index (χ1n) is 6.62. The maximum Gasteiger partial charge on any atom is 0.225 e. The number of nitrogens with two attached hydrogens (primary N) is 1. The summed E-state index contributed by atoms with van der Waals surface area (Å²) in [7, 11) is 1.96. The molecule has 16 heavy (non-hydrogen) atoms. The van der Waals surface area contributed by atoms with Gasteiger partial charge in [-0.15, -0.1) is 0 Å². The van der Waals surface area contributed by atoms with E-state index in [4.69, 9.17) is 5.73 Å². The predicted molar refractivity (Wildman–Crippen MR) is 67.1 cm³/mol. The molecule has 94 valence electrons. The van der Waals surface area contributed by atoms with Crippen molar-refractivity contribution in [1.82, 2.24) is 4.90 Å². The van der Waals surface area contributed by atoms with Crippen LogP contribution in [0.5, 0.6) is 0 Å². The van der Waals surface area contributed by atoms with Gasteiger partial charge in [-0.25, -0.2) is 0 Å². The van der Waals surface area contributed by atoms with Crippen LogP contribution >= 0.6 is 0 Å². The number of carbonyl (C=O) groups excluding carboxylic acids is 1. The fourth-order valence-corrected chi connectivity index (χ4v) is 2.59. The van der Waals surface area contributed by atoms with Crippen LogP contribution in [-0.4, -0.2) is 29.9 Å². The second-order valence-electron chi connectivity index (χ2n) is 5.03. The molecule has 1 fully saturated rings. The molecule has 1 aliphatic rings. The highest BCUT2D eigenvalue weighted by Gasteiger charge is 2.27. The molecule has 0 atom stereocenters. The summed E-state index contributed by atoms with van der Waals surface area (Å²) in [6, 6.07) is 0.779. The minimum Gasteiger partial charge on any atom is -0.343 e. The molecular weight excluding hydrogens is 200 g/mol. The Morgan fingerprint density at radius 1 is 1.25 bits per heavy atom. The zero-order valence-electron chi connectivity index (χ0n) is 10.9. The van der Waals surface area contributed by atoms with Crippen LogP contribution in [0.25, 0.3) is 0 Å². The molecule has 1 rings (SSSR count). The summed E-state index contributed by atoms with van der Waals surface area (Å²) in [4.78, 5) is 14.2. The minimum atomic E-state index is 0.209. The maximum absolute atomic E-state index is 12.2. The standard InChI is InChI=1S/C13H26N2O/c1-4-10(5-2)13(16)15(3)12-8-6-11(14)7-9-12/h10-12H,4-9,14H2,1-3H3. The van der Waals surface area contributed by atoms with Crippen molar-refractivity contribution >= 4 is 5.91 Å². The van der Waals surface area contributed by atoms with Gasteiger partial charge in [0.05, 0.1) is 0 Å². The number of hydrogen-bond donors (Lipinski definition) is 1. The molecule has 1 saturated carbocycles. The van der Waals surface area contributed by atoms with Crippen molar-refractivity contribution in [3.8, 4) is 0 Å². The number of hydrogen-bond acceptors (Lipinski definition) is 2. The Kier molecular flexibility index (Phi) is 5.26. The van der Waals surface area contributed by atoms with Crippen molar-refractivity contribution in [2.45, 2.75) is 64.5 Å². The minimum absolute atomic E-state index is 0.209. The molecule has 0 aliphatic heterocycles. The molecule has 0 saturated heterocycles. The van der Waals surface area contributed by atoms with Crippen molar-refractivity contribution in [2.24, 2.45) is 11.7 Å². The van der Waals surface area contributed by atoms with Gasteiger partial charge in [-0.2, -0.15) is 0 Å². The molecule has 3 heteroatoms. The van der Waals surface area contributed by atoms with Crippen LogP contribution in [0.15, 0.2) is 0 Å². The van der Waals surface area contributed by atoms with E-state index in [0.29, 0.717) is 18.0 Å². The van der Waals surface area contributed by atoms with Crippen LogP contribution in [0.3, 0.4) is 0 Å². The van der Waals surface area contributed by atoms with Gasteiger partial charge in [0.2, 0.25) is 5.91 Å². The summed E-state index contributed by atoms with van der Waals surface area (Å²) >= 11 is 0. The van der Waals surface area contributed by atoms with Gasteiger partial charge in [0.1, 0.15) is 0 Å². The summed E-state index contributed by atoms with van der Waals surface area (Å²) in [6.07, 6.45) is 6.17. The van der Waals surface area contributed by atoms with Gasteiger partial charge in [-0.05, 0) is 38.5 Å². The van der Waals surface area contributed by atoms with Crippen LogP contribution in [0.4, 0.5) is 0 Å². The largest absolute Gasteiger partial charge is 0.343 e. The quantitative estimate of drug-likeness (QED) is 0.798. The molecule has 1 amide bonds. The zero-order valence-corrected chi connectivity index (χ0v) is 10.9. The first-order chi connectivity index (χ1) is 7.60. The van der Waals surface area contributed by atoms with Crippen LogP contribution in [0.2, 0.25) is 0 Å². The fourth-order valence-electron chi connectivity index (χ4n) is 2.59. The molecule has 0 radical (unpaired) electrons. The Balaban J connectivity index is 2.50. The molecule has 3 nitrogen and oxygen atoms in total. The normalized spacial score (nSPS) is 25.8. The van der Waals surface area contributed by atoms with Gasteiger partial charge >= 0.3 is 0 Å². The van der Waals surface area contributed by atoms with Crippen LogP contribution in [0, 0.1) is 5.92 Å². The number of amides is 1. The number of rotatable bonds is 4. The van der Waals surface area contributed by atoms with E-state index in [-0.39, 0.29) is 5.92 Å². The average molecular weight is 226 g/mol. The molecular formula is C13H26N2O. The zero-order chi connectivity index (χ0) is 12.1. The topological polar surface area (TPSA) is 46.3 Å². The summed E-state index contributed by atoms with van der Waals surface area (Å²) in [6.45, 7) is 4.19. The smallest absolute Gasteiger partial charge is 0.225 e. The lowest BCUT2D eigenvalue weighted by molar-refractivity contribution is -0.137. The van der Waals surface area contributed by atoms with Crippen LogP contribution < -0.4 is 5.73 Å². The van der Waals surface area contributed by atoms with E-state index in [1.807, 2.05) is 11.9 Å². The van der Waals surface area contributed by atoms with Gasteiger partial charge < -0.3 is 10.6 Å². The van der Waals surface area contributed by atoms with Crippen molar-refractivity contribution in [3.63, 3.8) is 0 Å². The van der Waals surface area contributed by atoms with E-state index >= 15 is 0 Å². The van der Waals surface area contributed by atoms with E-state index in [2.05, 4.69) is 13.8 Å². The monoisotopic (exact) mass is 226 g/mol. The highest BCUT2D eigenvalue weighted by Crippen LogP contribution is 2.23. The Bertz CT molecular complexity index is 218. The molecule has 0 aromatic heterocycles. The molecule has 2 N–H and O–H groups in total. The third kappa shape index (κ3) is 3.21. The van der Waals surface area contributed by atoms with Crippen molar-refractivity contribution in [3.05, 3.63) is 0 Å². The Labute approximate surface area is 99.4 Å². The third-order valence-electron chi connectivity index (χ3n) is 3.97. The summed E-state index contributed by atoms with van der Waals surface area (Å²) in [5.74, 6) is 0.533. The number of nitrogens with zero attached hydrogens (tertiary/aromatic N) is 1. The van der Waals surface area contributed by atoms with Crippen molar-refractivity contribution in [1.29, 1.82) is 0 Å². The number of carbonyl (C=O) groups is 1. The Hall–Kier alpha value is -0.570. The van der Waals surface area contributed by atoms with Gasteiger partial charge in [0.25, 0.3) is 0 Å². The van der Waals surface area contributed by atoms with E-state index in [0.717, 1.165) is 38.5 Å². The lowest BCUT2D eigenvalue weighted by Gasteiger charge is -2.35. The average Bonchev–Trinajstić information content (AvgIpc) is 2.30. The maximum atomic E-state index is 12.2. The van der Waals surface area contributed by atoms with E-state index in [9.17, 15) is 4.79 Å². The summed E-state index contributed by atoms with van der Waals surface area (Å²) in [5.41, 5.74) is 5.88. The van der Waals surface area contributed by atoms with E-state index in [1.165, 1.54) is 0 Å². The first kappa shape index (κ1) is 13.5. The van der Waals surface area contributed by atoms with Crippen LogP contribution in [0.1, 0.15) is 52.4 Å². The molecule has 0 aromatic carbocycles. The Morgan fingerprint density at radius 2 is 1.75 bits per heavy atom. The second-order valence-corrected chi connectivity index (χ2v) is 5.03. The predicted octanol–water partition coefficient (Wildman–Crippen LogP) is 2.15. The van der Waals surface area contributed by atoms with Gasteiger partial charge in [0.15, 0.2) is 0 Å². The highest BCUT2D eigenvalue weighted by molar-refractivity contribution is 5.78. The SMILES string of the molecule is CCC(CC)C(=O)N(C)C1CCC(N)CC1. The third-order valence-corrected chi connectivity index (χ3v) is 3.97. The van der Waals surface area contributed by atoms with E-state index < -0.39 is 0 Å². The van der Waals surface area contributed by atoms with Crippen molar-refractivity contribution in [2.75, 3.05) is 7.05 Å². The van der Waals surface area contributed by atoms with Crippen LogP contribution in [-0.2, 0) is 4.79 Å². The lowest BCUT2D eigenvalue weighted by Crippen LogP contribution is -2.44. The molecule has 0 spiro atoms. The first-order valence-corrected chi connectivity index (χ1v) is 6.62. The molecule has 0 aromatic rings. The fraction of sp³-hybridized carbons (Fsp3) is 0.923. The summed E-state index contributed by atoms with van der Waals surface area (Å²) < 4.78 is 0.